The van der Waals surface area contributed by atoms with E-state index in [9.17, 15) is 0 Å². The van der Waals surface area contributed by atoms with Crippen LogP contribution in [0.4, 0.5) is 0 Å². The number of rotatable bonds is 1. The van der Waals surface area contributed by atoms with Crippen molar-refractivity contribution in [3.63, 3.8) is 0 Å². The minimum absolute atomic E-state index is 0. The largest absolute Gasteiger partial charge is 1.00 e. The van der Waals surface area contributed by atoms with Crippen LogP contribution in [0.2, 0.25) is 0 Å². The Bertz CT molecular complexity index is 203. The smallest absolute Gasteiger partial charge is 1.00 e. The molecule has 0 amide bonds. The minimum atomic E-state index is 0. The first kappa shape index (κ1) is 10.2. The van der Waals surface area contributed by atoms with E-state index in [0.29, 0.717) is 0 Å². The molecule has 0 radical (unpaired) electrons. The zero-order chi connectivity index (χ0) is 6.69. The van der Waals surface area contributed by atoms with Crippen molar-refractivity contribution >= 4 is 0 Å². The van der Waals surface area contributed by atoms with Gasteiger partial charge in [-0.05, 0) is 25.0 Å². The van der Waals surface area contributed by atoms with Crippen molar-refractivity contribution in [3.8, 4) is 0 Å². The Morgan fingerprint density at radius 3 is 2.70 bits per heavy atom. The summed E-state index contributed by atoms with van der Waals surface area (Å²) in [5.74, 6) is 0. The quantitative estimate of drug-likeness (QED) is 0.465. The summed E-state index contributed by atoms with van der Waals surface area (Å²) in [6, 6.07) is 4.06. The molecule has 0 spiro atoms. The topological polar surface area (TPSA) is 12.9 Å². The van der Waals surface area contributed by atoms with Gasteiger partial charge in [0, 0.05) is 11.9 Å². The van der Waals surface area contributed by atoms with E-state index in [0.717, 1.165) is 6.42 Å². The third-order valence-corrected chi connectivity index (χ3v) is 1.45. The second-order valence-corrected chi connectivity index (χ2v) is 2.12. The van der Waals surface area contributed by atoms with Gasteiger partial charge in [0.15, 0.2) is 0 Å². The standard InChI is InChI=1S/C8H11N.Na.H/c1-3-8-7(2)5-4-6-9-8;;/h4-6H,3H2,1-2H3;;/q;+1;-1. The molecule has 0 aliphatic carbocycles. The van der Waals surface area contributed by atoms with Gasteiger partial charge in [-0.3, -0.25) is 4.98 Å². The van der Waals surface area contributed by atoms with Crippen molar-refractivity contribution in [3.05, 3.63) is 29.6 Å². The molecule has 0 aliphatic rings. The summed E-state index contributed by atoms with van der Waals surface area (Å²) in [5, 5.41) is 0. The van der Waals surface area contributed by atoms with Gasteiger partial charge in [-0.15, -0.1) is 0 Å². The molecule has 0 aliphatic heterocycles. The van der Waals surface area contributed by atoms with Gasteiger partial charge in [0.1, 0.15) is 0 Å². The molecule has 1 heterocycles. The molecule has 0 saturated carbocycles. The fourth-order valence-electron chi connectivity index (χ4n) is 0.889. The Morgan fingerprint density at radius 2 is 2.30 bits per heavy atom. The van der Waals surface area contributed by atoms with Crippen LogP contribution in [0.1, 0.15) is 19.6 Å². The van der Waals surface area contributed by atoms with Crippen LogP contribution in [-0.2, 0) is 6.42 Å². The first-order valence-corrected chi connectivity index (χ1v) is 3.25. The van der Waals surface area contributed by atoms with Crippen molar-refractivity contribution in [2.45, 2.75) is 20.3 Å². The Labute approximate surface area is 85.6 Å². The third kappa shape index (κ3) is 2.41. The molecule has 0 N–H and O–H groups in total. The van der Waals surface area contributed by atoms with E-state index < -0.39 is 0 Å². The van der Waals surface area contributed by atoms with Crippen molar-refractivity contribution in [2.75, 3.05) is 0 Å². The SMILES string of the molecule is CCc1ncccc1C.[H-].[Na+]. The summed E-state index contributed by atoms with van der Waals surface area (Å²) in [6.07, 6.45) is 2.87. The van der Waals surface area contributed by atoms with Gasteiger partial charge in [0.2, 0.25) is 0 Å². The molecule has 0 saturated heterocycles. The van der Waals surface area contributed by atoms with Crippen LogP contribution in [0, 0.1) is 6.92 Å². The summed E-state index contributed by atoms with van der Waals surface area (Å²) in [6.45, 7) is 4.21. The molecule has 2 heteroatoms. The normalized spacial score (nSPS) is 8.60. The maximum atomic E-state index is 4.20. The number of hydrogen-bond acceptors (Lipinski definition) is 1. The molecule has 10 heavy (non-hydrogen) atoms. The van der Waals surface area contributed by atoms with Crippen LogP contribution >= 0.6 is 0 Å². The minimum Gasteiger partial charge on any atom is -1.00 e. The van der Waals surface area contributed by atoms with Crippen LogP contribution in [0.15, 0.2) is 18.3 Å². The molecule has 1 aromatic heterocycles. The molecular formula is C8H12NNa. The summed E-state index contributed by atoms with van der Waals surface area (Å²) < 4.78 is 0. The maximum absolute atomic E-state index is 4.20. The number of pyridine rings is 1. The summed E-state index contributed by atoms with van der Waals surface area (Å²) >= 11 is 0. The van der Waals surface area contributed by atoms with Crippen molar-refractivity contribution in [2.24, 2.45) is 0 Å². The zero-order valence-electron chi connectivity index (χ0n) is 7.89. The second kappa shape index (κ2) is 4.89. The van der Waals surface area contributed by atoms with Crippen molar-refractivity contribution < 1.29 is 31.0 Å². The Kier molecular flexibility index (Phi) is 4.96. The van der Waals surface area contributed by atoms with Crippen LogP contribution < -0.4 is 29.6 Å². The van der Waals surface area contributed by atoms with E-state index in [2.05, 4.69) is 24.9 Å². The number of aryl methyl sites for hydroxylation is 2. The number of nitrogens with zero attached hydrogens (tertiary/aromatic N) is 1. The maximum Gasteiger partial charge on any atom is 1.00 e. The van der Waals surface area contributed by atoms with Gasteiger partial charge < -0.3 is 1.43 Å². The predicted octanol–water partition coefficient (Wildman–Crippen LogP) is -0.931. The van der Waals surface area contributed by atoms with E-state index in [1.54, 1.807) is 0 Å². The van der Waals surface area contributed by atoms with Crippen LogP contribution in [0.3, 0.4) is 0 Å². The molecule has 1 rings (SSSR count). The van der Waals surface area contributed by atoms with E-state index in [-0.39, 0.29) is 31.0 Å². The summed E-state index contributed by atoms with van der Waals surface area (Å²) in [5.41, 5.74) is 2.50. The van der Waals surface area contributed by atoms with Gasteiger partial charge in [-0.2, -0.15) is 0 Å². The summed E-state index contributed by atoms with van der Waals surface area (Å²) in [7, 11) is 0. The Hall–Kier alpha value is 0.150. The molecule has 50 valence electrons. The molecular weight excluding hydrogens is 133 g/mol. The molecule has 0 atom stereocenters. The Balaban J connectivity index is 0. The van der Waals surface area contributed by atoms with E-state index in [1.165, 1.54) is 11.3 Å². The van der Waals surface area contributed by atoms with Gasteiger partial charge in [0.05, 0.1) is 0 Å². The first-order valence-electron chi connectivity index (χ1n) is 3.25. The fourth-order valence-corrected chi connectivity index (χ4v) is 0.889. The first-order chi connectivity index (χ1) is 4.34. The predicted molar refractivity (Wildman–Crippen MR) is 39.5 cm³/mol. The van der Waals surface area contributed by atoms with Gasteiger partial charge in [0.25, 0.3) is 0 Å². The zero-order valence-corrected chi connectivity index (χ0v) is 8.89. The van der Waals surface area contributed by atoms with Crippen LogP contribution in [0.5, 0.6) is 0 Å². The summed E-state index contributed by atoms with van der Waals surface area (Å²) in [4.78, 5) is 4.20. The van der Waals surface area contributed by atoms with Gasteiger partial charge in [-0.1, -0.05) is 13.0 Å². The van der Waals surface area contributed by atoms with E-state index in [4.69, 9.17) is 0 Å². The van der Waals surface area contributed by atoms with Crippen LogP contribution in [-0.4, -0.2) is 4.98 Å². The van der Waals surface area contributed by atoms with E-state index in [1.807, 2.05) is 12.3 Å². The average molecular weight is 145 g/mol. The van der Waals surface area contributed by atoms with E-state index >= 15 is 0 Å². The van der Waals surface area contributed by atoms with Crippen molar-refractivity contribution in [1.82, 2.24) is 4.98 Å². The molecule has 0 bridgehead atoms. The fraction of sp³-hybridized carbons (Fsp3) is 0.375. The van der Waals surface area contributed by atoms with Gasteiger partial charge in [-0.25, -0.2) is 0 Å². The van der Waals surface area contributed by atoms with Gasteiger partial charge >= 0.3 is 29.6 Å². The average Bonchev–Trinajstić information content (AvgIpc) is 1.89. The second-order valence-electron chi connectivity index (χ2n) is 2.12. The molecule has 1 aromatic rings. The molecule has 0 unspecified atom stereocenters. The number of aromatic nitrogens is 1. The molecule has 1 nitrogen and oxygen atoms in total. The van der Waals surface area contributed by atoms with Crippen LogP contribution in [0.25, 0.3) is 0 Å². The third-order valence-electron chi connectivity index (χ3n) is 1.45. The van der Waals surface area contributed by atoms with Crippen molar-refractivity contribution in [1.29, 1.82) is 0 Å². The molecule has 0 fully saturated rings. The monoisotopic (exact) mass is 145 g/mol. The Morgan fingerprint density at radius 1 is 1.60 bits per heavy atom. The molecule has 0 aromatic carbocycles. The number of hydrogen-bond donors (Lipinski definition) is 0.